The van der Waals surface area contributed by atoms with E-state index in [1.807, 2.05) is 42.5 Å². The summed E-state index contributed by atoms with van der Waals surface area (Å²) in [5.74, 6) is -0.718. The minimum absolute atomic E-state index is 0.0390. The first-order chi connectivity index (χ1) is 16.9. The van der Waals surface area contributed by atoms with E-state index < -0.39 is 12.3 Å². The summed E-state index contributed by atoms with van der Waals surface area (Å²) < 4.78 is 12.6. The number of nitrogens with zero attached hydrogens (tertiary/aromatic N) is 1. The molecule has 2 aromatic carbocycles. The SMILES string of the molecule is CC(=O)Nc1cccc(C2OC(CSc3ncccc3C(=O)O)CC(c3ccc(CO)cc3)O2)c1. The highest BCUT2D eigenvalue weighted by Crippen LogP contribution is 2.40. The maximum atomic E-state index is 11.6. The van der Waals surface area contributed by atoms with Crippen LogP contribution in [-0.2, 0) is 20.9 Å². The number of amides is 1. The van der Waals surface area contributed by atoms with Crippen LogP contribution in [0.3, 0.4) is 0 Å². The Hall–Kier alpha value is -3.24. The van der Waals surface area contributed by atoms with Gasteiger partial charge in [0, 0.05) is 36.5 Å². The van der Waals surface area contributed by atoms with E-state index in [0.29, 0.717) is 22.9 Å². The summed E-state index contributed by atoms with van der Waals surface area (Å²) in [7, 11) is 0. The third kappa shape index (κ3) is 6.46. The fourth-order valence-corrected chi connectivity index (χ4v) is 4.83. The van der Waals surface area contributed by atoms with E-state index in [-0.39, 0.29) is 30.3 Å². The van der Waals surface area contributed by atoms with E-state index in [2.05, 4.69) is 10.3 Å². The summed E-state index contributed by atoms with van der Waals surface area (Å²) in [5, 5.41) is 22.0. The predicted molar refractivity (Wildman–Crippen MR) is 131 cm³/mol. The van der Waals surface area contributed by atoms with Crippen LogP contribution in [0.1, 0.15) is 52.8 Å². The summed E-state index contributed by atoms with van der Waals surface area (Å²) in [4.78, 5) is 27.3. The van der Waals surface area contributed by atoms with Gasteiger partial charge in [-0.15, -0.1) is 11.8 Å². The standard InChI is InChI=1S/C26H26N2O6S/c1-16(30)28-20-5-2-4-19(12-20)26-33-21(15-35-24-22(25(31)32)6-3-11-27-24)13-23(34-26)18-9-7-17(14-29)8-10-18/h2-12,21,23,26,29H,13-15H2,1H3,(H,28,30)(H,31,32). The Labute approximate surface area is 207 Å². The van der Waals surface area contributed by atoms with Crippen LogP contribution in [0.2, 0.25) is 0 Å². The number of benzene rings is 2. The van der Waals surface area contributed by atoms with Crippen molar-refractivity contribution in [3.05, 3.63) is 89.1 Å². The molecule has 1 aromatic heterocycles. The number of carbonyl (C=O) groups excluding carboxylic acids is 1. The number of aromatic nitrogens is 1. The highest BCUT2D eigenvalue weighted by atomic mass is 32.2. The van der Waals surface area contributed by atoms with Gasteiger partial charge in [0.1, 0.15) is 5.03 Å². The quantitative estimate of drug-likeness (QED) is 0.390. The number of carboxylic acid groups (broad SMARTS) is 1. The van der Waals surface area contributed by atoms with Gasteiger partial charge in [0.05, 0.1) is 24.4 Å². The molecule has 3 atom stereocenters. The second-order valence-electron chi connectivity index (χ2n) is 8.13. The number of ether oxygens (including phenoxy) is 2. The molecule has 1 fully saturated rings. The number of pyridine rings is 1. The number of hydrogen-bond donors (Lipinski definition) is 3. The molecule has 1 aliphatic rings. The minimum Gasteiger partial charge on any atom is -0.478 e. The van der Waals surface area contributed by atoms with Gasteiger partial charge >= 0.3 is 5.97 Å². The third-order valence-electron chi connectivity index (χ3n) is 5.50. The van der Waals surface area contributed by atoms with Gasteiger partial charge in [-0.05, 0) is 35.4 Å². The van der Waals surface area contributed by atoms with Crippen molar-refractivity contribution in [3.63, 3.8) is 0 Å². The Morgan fingerprint density at radius 1 is 1.09 bits per heavy atom. The number of hydrogen-bond acceptors (Lipinski definition) is 7. The molecular weight excluding hydrogens is 468 g/mol. The molecule has 1 amide bonds. The van der Waals surface area contributed by atoms with Crippen molar-refractivity contribution in [1.29, 1.82) is 0 Å². The Morgan fingerprint density at radius 3 is 2.60 bits per heavy atom. The van der Waals surface area contributed by atoms with E-state index in [1.54, 1.807) is 18.3 Å². The highest BCUT2D eigenvalue weighted by Gasteiger charge is 2.32. The van der Waals surface area contributed by atoms with Crippen molar-refractivity contribution in [2.75, 3.05) is 11.1 Å². The van der Waals surface area contributed by atoms with Crippen LogP contribution in [0.15, 0.2) is 71.9 Å². The van der Waals surface area contributed by atoms with Crippen LogP contribution < -0.4 is 5.32 Å². The molecule has 0 radical (unpaired) electrons. The fraction of sp³-hybridized carbons (Fsp3) is 0.269. The lowest BCUT2D eigenvalue weighted by Crippen LogP contribution is -2.31. The Morgan fingerprint density at radius 2 is 1.89 bits per heavy atom. The molecule has 2 heterocycles. The van der Waals surface area contributed by atoms with Crippen LogP contribution in [0.5, 0.6) is 0 Å². The topological polar surface area (TPSA) is 118 Å². The van der Waals surface area contributed by atoms with Crippen LogP contribution in [0.4, 0.5) is 5.69 Å². The van der Waals surface area contributed by atoms with Gasteiger partial charge in [0.2, 0.25) is 5.91 Å². The van der Waals surface area contributed by atoms with Crippen molar-refractivity contribution in [1.82, 2.24) is 4.98 Å². The van der Waals surface area contributed by atoms with Crippen LogP contribution in [0.25, 0.3) is 0 Å². The molecule has 3 aromatic rings. The van der Waals surface area contributed by atoms with E-state index in [0.717, 1.165) is 16.7 Å². The largest absolute Gasteiger partial charge is 0.478 e. The molecular formula is C26H26N2O6S. The number of carbonyl (C=O) groups is 2. The van der Waals surface area contributed by atoms with Gasteiger partial charge in [-0.1, -0.05) is 36.4 Å². The lowest BCUT2D eigenvalue weighted by atomic mass is 10.0. The fourth-order valence-electron chi connectivity index (χ4n) is 3.83. The normalized spacial score (nSPS) is 19.8. The molecule has 1 aliphatic heterocycles. The van der Waals surface area contributed by atoms with Crippen molar-refractivity contribution in [2.45, 2.75) is 43.5 Å². The summed E-state index contributed by atoms with van der Waals surface area (Å²) in [5.41, 5.74) is 3.31. The number of thioether (sulfide) groups is 1. The average Bonchev–Trinajstić information content (AvgIpc) is 2.87. The number of rotatable bonds is 8. The van der Waals surface area contributed by atoms with E-state index in [1.165, 1.54) is 24.8 Å². The van der Waals surface area contributed by atoms with E-state index in [9.17, 15) is 19.8 Å². The third-order valence-corrected chi connectivity index (χ3v) is 6.64. The molecule has 4 rings (SSSR count). The van der Waals surface area contributed by atoms with Gasteiger partial charge in [-0.25, -0.2) is 9.78 Å². The molecule has 0 bridgehead atoms. The summed E-state index contributed by atoms with van der Waals surface area (Å²) in [6.07, 6.45) is 0.908. The molecule has 182 valence electrons. The molecule has 1 saturated heterocycles. The summed E-state index contributed by atoms with van der Waals surface area (Å²) >= 11 is 1.33. The Kier molecular flexibility index (Phi) is 8.14. The van der Waals surface area contributed by atoms with E-state index >= 15 is 0 Å². The summed E-state index contributed by atoms with van der Waals surface area (Å²) in [6, 6.07) is 18.0. The van der Waals surface area contributed by atoms with Gasteiger partial charge < -0.3 is 25.0 Å². The minimum atomic E-state index is -1.02. The first-order valence-electron chi connectivity index (χ1n) is 11.1. The number of anilines is 1. The number of nitrogens with one attached hydrogen (secondary N) is 1. The lowest BCUT2D eigenvalue weighted by molar-refractivity contribution is -0.245. The van der Waals surface area contributed by atoms with Crippen molar-refractivity contribution in [2.24, 2.45) is 0 Å². The smallest absolute Gasteiger partial charge is 0.338 e. The second-order valence-corrected chi connectivity index (χ2v) is 9.14. The molecule has 3 N–H and O–H groups in total. The number of aliphatic hydroxyl groups is 1. The first kappa shape index (κ1) is 24.9. The molecule has 0 spiro atoms. The Balaban J connectivity index is 1.57. The number of aliphatic hydroxyl groups excluding tert-OH is 1. The number of aromatic carboxylic acids is 1. The van der Waals surface area contributed by atoms with Crippen LogP contribution in [-0.4, -0.2) is 38.9 Å². The van der Waals surface area contributed by atoms with Gasteiger partial charge in [-0.3, -0.25) is 4.79 Å². The second kappa shape index (κ2) is 11.5. The zero-order chi connectivity index (χ0) is 24.8. The Bertz CT molecular complexity index is 1190. The maximum absolute atomic E-state index is 11.6. The number of carboxylic acids is 1. The lowest BCUT2D eigenvalue weighted by Gasteiger charge is -2.36. The van der Waals surface area contributed by atoms with Gasteiger partial charge in [0.25, 0.3) is 0 Å². The zero-order valence-corrected chi connectivity index (χ0v) is 19.9. The monoisotopic (exact) mass is 494 g/mol. The van der Waals surface area contributed by atoms with Crippen molar-refractivity contribution in [3.8, 4) is 0 Å². The average molecular weight is 495 g/mol. The first-order valence-corrected chi connectivity index (χ1v) is 12.1. The molecule has 0 aliphatic carbocycles. The van der Waals surface area contributed by atoms with Crippen molar-refractivity contribution >= 4 is 29.3 Å². The molecule has 3 unspecified atom stereocenters. The molecule has 0 saturated carbocycles. The van der Waals surface area contributed by atoms with Gasteiger partial charge in [0.15, 0.2) is 6.29 Å². The van der Waals surface area contributed by atoms with Crippen LogP contribution >= 0.6 is 11.8 Å². The van der Waals surface area contributed by atoms with Crippen LogP contribution in [0, 0.1) is 0 Å². The molecule has 8 nitrogen and oxygen atoms in total. The van der Waals surface area contributed by atoms with E-state index in [4.69, 9.17) is 9.47 Å². The van der Waals surface area contributed by atoms with Gasteiger partial charge in [-0.2, -0.15) is 0 Å². The molecule has 9 heteroatoms. The van der Waals surface area contributed by atoms with Crippen molar-refractivity contribution < 1.29 is 29.3 Å². The highest BCUT2D eigenvalue weighted by molar-refractivity contribution is 7.99. The maximum Gasteiger partial charge on any atom is 0.338 e. The predicted octanol–water partition coefficient (Wildman–Crippen LogP) is 4.57. The summed E-state index contributed by atoms with van der Waals surface area (Å²) in [6.45, 7) is 1.41. The molecule has 35 heavy (non-hydrogen) atoms. The zero-order valence-electron chi connectivity index (χ0n) is 19.1.